The number of carbonyl (C=O) groups excluding carboxylic acids is 1. The second kappa shape index (κ2) is 7.55. The van der Waals surface area contributed by atoms with Crippen LogP contribution in [0.25, 0.3) is 0 Å². The van der Waals surface area contributed by atoms with Gasteiger partial charge in [0.15, 0.2) is 0 Å². The molecular formula is C10H16O3. The maximum Gasteiger partial charge on any atom is 0.330 e. The fourth-order valence-electron chi connectivity index (χ4n) is 0.590. The summed E-state index contributed by atoms with van der Waals surface area (Å²) in [7, 11) is 0. The lowest BCUT2D eigenvalue weighted by Crippen LogP contribution is -2.16. The predicted molar refractivity (Wildman–Crippen MR) is 51.2 cm³/mol. The normalized spacial score (nSPS) is 13.8. The molecule has 0 aliphatic heterocycles. The third-order valence-electron chi connectivity index (χ3n) is 1.43. The molecular weight excluding hydrogens is 168 g/mol. The van der Waals surface area contributed by atoms with Crippen LogP contribution < -0.4 is 0 Å². The number of hydrogen-bond acceptors (Lipinski definition) is 3. The van der Waals surface area contributed by atoms with Gasteiger partial charge in [-0.1, -0.05) is 25.2 Å². The Balaban J connectivity index is 3.63. The standard InChI is InChI=1S/C10H16O3/c1-3-5-6-7-10(12)13-8-9(11)4-2/h3,5-7,9,11H,4,8H2,1-2H3/b5-3+,7-6+. The van der Waals surface area contributed by atoms with Gasteiger partial charge in [0.2, 0.25) is 0 Å². The Morgan fingerprint density at radius 1 is 1.54 bits per heavy atom. The lowest BCUT2D eigenvalue weighted by atomic mass is 10.3. The molecule has 0 rings (SSSR count). The lowest BCUT2D eigenvalue weighted by Gasteiger charge is -2.06. The van der Waals surface area contributed by atoms with Gasteiger partial charge in [-0.25, -0.2) is 4.79 Å². The molecule has 0 aromatic heterocycles. The van der Waals surface area contributed by atoms with Crippen molar-refractivity contribution >= 4 is 5.97 Å². The molecule has 0 saturated carbocycles. The van der Waals surface area contributed by atoms with Gasteiger partial charge >= 0.3 is 5.97 Å². The summed E-state index contributed by atoms with van der Waals surface area (Å²) < 4.78 is 4.73. The van der Waals surface area contributed by atoms with Crippen molar-refractivity contribution < 1.29 is 14.6 Å². The van der Waals surface area contributed by atoms with Crippen molar-refractivity contribution in [1.82, 2.24) is 0 Å². The van der Waals surface area contributed by atoms with E-state index in [1.165, 1.54) is 6.08 Å². The largest absolute Gasteiger partial charge is 0.460 e. The molecule has 1 unspecified atom stereocenters. The molecule has 0 aromatic rings. The SMILES string of the molecule is C/C=C/C=C/C(=O)OCC(O)CC. The lowest BCUT2D eigenvalue weighted by molar-refractivity contribution is -0.140. The van der Waals surface area contributed by atoms with E-state index in [2.05, 4.69) is 0 Å². The Morgan fingerprint density at radius 2 is 2.23 bits per heavy atom. The highest BCUT2D eigenvalue weighted by Crippen LogP contribution is 1.92. The Morgan fingerprint density at radius 3 is 2.77 bits per heavy atom. The van der Waals surface area contributed by atoms with Crippen molar-refractivity contribution in [1.29, 1.82) is 0 Å². The van der Waals surface area contributed by atoms with Crippen LogP contribution in [-0.2, 0) is 9.53 Å². The van der Waals surface area contributed by atoms with Gasteiger partial charge in [-0.15, -0.1) is 0 Å². The van der Waals surface area contributed by atoms with Crippen molar-refractivity contribution in [3.05, 3.63) is 24.3 Å². The molecule has 13 heavy (non-hydrogen) atoms. The Hall–Kier alpha value is -1.09. The zero-order chi connectivity index (χ0) is 10.1. The van der Waals surface area contributed by atoms with Gasteiger partial charge in [-0.3, -0.25) is 0 Å². The van der Waals surface area contributed by atoms with E-state index in [1.54, 1.807) is 12.2 Å². The third kappa shape index (κ3) is 7.28. The van der Waals surface area contributed by atoms with Crippen LogP contribution in [0.15, 0.2) is 24.3 Å². The first kappa shape index (κ1) is 11.9. The second-order valence-corrected chi connectivity index (χ2v) is 2.58. The molecule has 0 heterocycles. The van der Waals surface area contributed by atoms with Gasteiger partial charge in [-0.2, -0.15) is 0 Å². The average Bonchev–Trinajstić information content (AvgIpc) is 2.14. The highest BCUT2D eigenvalue weighted by Gasteiger charge is 2.02. The number of aliphatic hydroxyl groups is 1. The molecule has 0 aliphatic rings. The topological polar surface area (TPSA) is 46.5 Å². The fourth-order valence-corrected chi connectivity index (χ4v) is 0.590. The summed E-state index contributed by atoms with van der Waals surface area (Å²) in [6, 6.07) is 0. The maximum atomic E-state index is 10.9. The van der Waals surface area contributed by atoms with Crippen LogP contribution in [-0.4, -0.2) is 23.8 Å². The number of carbonyl (C=O) groups is 1. The fraction of sp³-hybridized carbons (Fsp3) is 0.500. The van der Waals surface area contributed by atoms with E-state index < -0.39 is 12.1 Å². The van der Waals surface area contributed by atoms with Crippen molar-refractivity contribution in [3.63, 3.8) is 0 Å². The zero-order valence-electron chi connectivity index (χ0n) is 8.06. The summed E-state index contributed by atoms with van der Waals surface area (Å²) in [5.41, 5.74) is 0. The van der Waals surface area contributed by atoms with E-state index in [1.807, 2.05) is 19.9 Å². The van der Waals surface area contributed by atoms with E-state index in [0.717, 1.165) is 0 Å². The monoisotopic (exact) mass is 184 g/mol. The van der Waals surface area contributed by atoms with Gasteiger partial charge in [0.1, 0.15) is 6.61 Å². The summed E-state index contributed by atoms with van der Waals surface area (Å²) in [6.07, 6.45) is 6.50. The van der Waals surface area contributed by atoms with Gasteiger partial charge in [0.25, 0.3) is 0 Å². The Labute approximate surface area is 78.7 Å². The predicted octanol–water partition coefficient (Wildman–Crippen LogP) is 1.43. The molecule has 3 heteroatoms. The zero-order valence-corrected chi connectivity index (χ0v) is 8.06. The highest BCUT2D eigenvalue weighted by molar-refractivity contribution is 5.82. The molecule has 0 amide bonds. The first-order chi connectivity index (χ1) is 6.20. The van der Waals surface area contributed by atoms with Crippen LogP contribution in [0.5, 0.6) is 0 Å². The number of ether oxygens (including phenoxy) is 1. The van der Waals surface area contributed by atoms with Crippen molar-refractivity contribution in [2.45, 2.75) is 26.4 Å². The van der Waals surface area contributed by atoms with Gasteiger partial charge in [0.05, 0.1) is 6.10 Å². The Bertz CT molecular complexity index is 194. The number of rotatable bonds is 5. The highest BCUT2D eigenvalue weighted by atomic mass is 16.5. The first-order valence-corrected chi connectivity index (χ1v) is 4.34. The summed E-state index contributed by atoms with van der Waals surface area (Å²) in [4.78, 5) is 10.9. The summed E-state index contributed by atoms with van der Waals surface area (Å²) in [6.45, 7) is 3.75. The molecule has 0 aromatic carbocycles. The number of esters is 1. The van der Waals surface area contributed by atoms with Gasteiger partial charge in [0, 0.05) is 6.08 Å². The molecule has 3 nitrogen and oxygen atoms in total. The average molecular weight is 184 g/mol. The van der Waals surface area contributed by atoms with E-state index in [0.29, 0.717) is 6.42 Å². The minimum absolute atomic E-state index is 0.0650. The smallest absolute Gasteiger partial charge is 0.330 e. The van der Waals surface area contributed by atoms with Crippen molar-refractivity contribution in [2.75, 3.05) is 6.61 Å². The van der Waals surface area contributed by atoms with E-state index in [4.69, 9.17) is 9.84 Å². The molecule has 0 saturated heterocycles. The third-order valence-corrected chi connectivity index (χ3v) is 1.43. The van der Waals surface area contributed by atoms with E-state index in [9.17, 15) is 4.79 Å². The second-order valence-electron chi connectivity index (χ2n) is 2.58. The van der Waals surface area contributed by atoms with Crippen LogP contribution in [0.2, 0.25) is 0 Å². The van der Waals surface area contributed by atoms with Crippen molar-refractivity contribution in [3.8, 4) is 0 Å². The quantitative estimate of drug-likeness (QED) is 0.399. The molecule has 74 valence electrons. The summed E-state index contributed by atoms with van der Waals surface area (Å²) >= 11 is 0. The summed E-state index contributed by atoms with van der Waals surface area (Å²) in [5.74, 6) is -0.425. The molecule has 1 atom stereocenters. The van der Waals surface area contributed by atoms with Gasteiger partial charge in [-0.05, 0) is 13.3 Å². The first-order valence-electron chi connectivity index (χ1n) is 4.34. The molecule has 1 N–H and O–H groups in total. The molecule has 0 aliphatic carbocycles. The molecule has 0 spiro atoms. The molecule has 0 radical (unpaired) electrons. The molecule has 0 bridgehead atoms. The maximum absolute atomic E-state index is 10.9. The summed E-state index contributed by atoms with van der Waals surface area (Å²) in [5, 5.41) is 9.06. The van der Waals surface area contributed by atoms with Crippen LogP contribution in [0.1, 0.15) is 20.3 Å². The number of hydrogen-bond donors (Lipinski definition) is 1. The molecule has 0 fully saturated rings. The van der Waals surface area contributed by atoms with Crippen molar-refractivity contribution in [2.24, 2.45) is 0 Å². The minimum atomic E-state index is -0.556. The Kier molecular flexibility index (Phi) is 6.92. The van der Waals surface area contributed by atoms with E-state index >= 15 is 0 Å². The van der Waals surface area contributed by atoms with E-state index in [-0.39, 0.29) is 6.61 Å². The van der Waals surface area contributed by atoms with Crippen LogP contribution >= 0.6 is 0 Å². The van der Waals surface area contributed by atoms with Crippen LogP contribution in [0, 0.1) is 0 Å². The minimum Gasteiger partial charge on any atom is -0.460 e. The van der Waals surface area contributed by atoms with Crippen LogP contribution in [0.3, 0.4) is 0 Å². The number of aliphatic hydroxyl groups excluding tert-OH is 1. The van der Waals surface area contributed by atoms with Gasteiger partial charge < -0.3 is 9.84 Å². The number of allylic oxidation sites excluding steroid dienone is 3. The van der Waals surface area contributed by atoms with Crippen LogP contribution in [0.4, 0.5) is 0 Å².